The van der Waals surface area contributed by atoms with Gasteiger partial charge in [-0.3, -0.25) is 0 Å². The number of anilines is 1. The van der Waals surface area contributed by atoms with Crippen LogP contribution in [0.1, 0.15) is 18.1 Å². The molecule has 0 fully saturated rings. The topological polar surface area (TPSA) is 43.4 Å². The largest absolute Gasteiger partial charge is 0.490 e. The molecule has 2 aromatic carbocycles. The van der Waals surface area contributed by atoms with Gasteiger partial charge in [0.25, 0.3) is 0 Å². The van der Waals surface area contributed by atoms with Crippen molar-refractivity contribution in [1.82, 2.24) is 4.98 Å². The second kappa shape index (κ2) is 8.87. The van der Waals surface area contributed by atoms with Crippen LogP contribution in [0.4, 0.5) is 9.52 Å². The highest BCUT2D eigenvalue weighted by atomic mass is 35.5. The summed E-state index contributed by atoms with van der Waals surface area (Å²) in [5.74, 6) is 0.901. The second-order valence-electron chi connectivity index (χ2n) is 5.43. The number of rotatable bonds is 8. The summed E-state index contributed by atoms with van der Waals surface area (Å²) in [5.41, 5.74) is 1.75. The van der Waals surface area contributed by atoms with Gasteiger partial charge in [0.15, 0.2) is 16.6 Å². The lowest BCUT2D eigenvalue weighted by Crippen LogP contribution is -2.04. The molecule has 4 nitrogen and oxygen atoms in total. The highest BCUT2D eigenvalue weighted by Crippen LogP contribution is 2.34. The summed E-state index contributed by atoms with van der Waals surface area (Å²) in [7, 11) is 0. The molecule has 0 unspecified atom stereocenters. The van der Waals surface area contributed by atoms with E-state index in [9.17, 15) is 4.39 Å². The van der Waals surface area contributed by atoms with Crippen molar-refractivity contribution in [3.8, 4) is 11.5 Å². The lowest BCUT2D eigenvalue weighted by molar-refractivity contribution is 0.269. The molecule has 1 aromatic heterocycles. The second-order valence-corrected chi connectivity index (χ2v) is 6.73. The first-order valence-electron chi connectivity index (χ1n) is 8.11. The van der Waals surface area contributed by atoms with Crippen LogP contribution in [0.25, 0.3) is 0 Å². The van der Waals surface area contributed by atoms with E-state index in [0.29, 0.717) is 36.3 Å². The van der Waals surface area contributed by atoms with E-state index in [1.807, 2.05) is 18.4 Å². The summed E-state index contributed by atoms with van der Waals surface area (Å²) >= 11 is 7.93. The molecule has 3 aromatic rings. The minimum Gasteiger partial charge on any atom is -0.490 e. The molecule has 0 spiro atoms. The molecule has 136 valence electrons. The molecule has 0 saturated heterocycles. The highest BCUT2D eigenvalue weighted by Gasteiger charge is 2.12. The minimum atomic E-state index is -0.274. The van der Waals surface area contributed by atoms with Crippen LogP contribution >= 0.6 is 22.9 Å². The van der Waals surface area contributed by atoms with E-state index < -0.39 is 0 Å². The fraction of sp³-hybridized carbons (Fsp3) is 0.211. The summed E-state index contributed by atoms with van der Waals surface area (Å²) in [6.07, 6.45) is 1.74. The first-order chi connectivity index (χ1) is 12.7. The van der Waals surface area contributed by atoms with Gasteiger partial charge in [0.05, 0.1) is 6.61 Å². The molecule has 0 bridgehead atoms. The van der Waals surface area contributed by atoms with Gasteiger partial charge in [0, 0.05) is 29.2 Å². The van der Waals surface area contributed by atoms with Crippen molar-refractivity contribution >= 4 is 28.1 Å². The quantitative estimate of drug-likeness (QED) is 0.547. The average molecular weight is 393 g/mol. The van der Waals surface area contributed by atoms with E-state index in [1.54, 1.807) is 24.4 Å². The number of nitrogens with zero attached hydrogens (tertiary/aromatic N) is 1. The molecular formula is C19H18ClFN2O2S. The number of halogens is 2. The molecule has 0 aliphatic heterocycles. The molecule has 0 atom stereocenters. The third-order valence-corrected chi connectivity index (χ3v) is 4.67. The van der Waals surface area contributed by atoms with E-state index in [1.165, 1.54) is 23.5 Å². The number of benzene rings is 2. The third-order valence-electron chi connectivity index (χ3n) is 3.58. The van der Waals surface area contributed by atoms with Gasteiger partial charge in [-0.2, -0.15) is 0 Å². The van der Waals surface area contributed by atoms with Gasteiger partial charge in [0.1, 0.15) is 12.4 Å². The number of thiazole rings is 1. The Bertz CT molecular complexity index is 842. The number of ether oxygens (including phenoxy) is 2. The Kier molecular flexibility index (Phi) is 6.30. The minimum absolute atomic E-state index is 0.274. The predicted octanol–water partition coefficient (Wildman–Crippen LogP) is 5.53. The van der Waals surface area contributed by atoms with Crippen molar-refractivity contribution in [2.24, 2.45) is 0 Å². The first kappa shape index (κ1) is 18.5. The Morgan fingerprint density at radius 2 is 1.92 bits per heavy atom. The molecular weight excluding hydrogens is 375 g/mol. The summed E-state index contributed by atoms with van der Waals surface area (Å²) in [5, 5.41) is 6.53. The Labute approximate surface area is 160 Å². The molecule has 0 radical (unpaired) electrons. The summed E-state index contributed by atoms with van der Waals surface area (Å²) < 4.78 is 24.5. The highest BCUT2D eigenvalue weighted by molar-refractivity contribution is 7.13. The summed E-state index contributed by atoms with van der Waals surface area (Å²) in [4.78, 5) is 4.19. The number of hydrogen-bond donors (Lipinski definition) is 1. The average Bonchev–Trinajstić information content (AvgIpc) is 3.15. The van der Waals surface area contributed by atoms with Gasteiger partial charge in [-0.25, -0.2) is 9.37 Å². The van der Waals surface area contributed by atoms with Crippen molar-refractivity contribution in [3.05, 3.63) is 69.9 Å². The van der Waals surface area contributed by atoms with Crippen molar-refractivity contribution in [1.29, 1.82) is 0 Å². The van der Waals surface area contributed by atoms with Crippen LogP contribution in [-0.2, 0) is 13.2 Å². The number of nitrogens with one attached hydrogen (secondary N) is 1. The van der Waals surface area contributed by atoms with Crippen LogP contribution in [0.3, 0.4) is 0 Å². The van der Waals surface area contributed by atoms with Crippen LogP contribution in [0, 0.1) is 5.82 Å². The molecule has 3 rings (SSSR count). The maximum absolute atomic E-state index is 13.0. The van der Waals surface area contributed by atoms with E-state index in [4.69, 9.17) is 21.1 Å². The molecule has 0 saturated carbocycles. The predicted molar refractivity (Wildman–Crippen MR) is 103 cm³/mol. The van der Waals surface area contributed by atoms with Crippen molar-refractivity contribution in [2.45, 2.75) is 20.1 Å². The maximum Gasteiger partial charge on any atom is 0.182 e. The molecule has 0 aliphatic rings. The standard InChI is InChI=1S/C19H18ClFN2O2S/c1-2-24-17-9-14(11-23-19-22-7-8-26-19)16(20)10-18(17)25-12-13-3-5-15(21)6-4-13/h3-10H,2,11-12H2,1H3,(H,22,23). The third kappa shape index (κ3) is 4.86. The monoisotopic (exact) mass is 392 g/mol. The van der Waals surface area contributed by atoms with E-state index in [0.717, 1.165) is 16.3 Å². The van der Waals surface area contributed by atoms with E-state index in [2.05, 4.69) is 10.3 Å². The molecule has 7 heteroatoms. The Morgan fingerprint density at radius 1 is 1.15 bits per heavy atom. The van der Waals surface area contributed by atoms with Gasteiger partial charge in [-0.15, -0.1) is 11.3 Å². The zero-order valence-corrected chi connectivity index (χ0v) is 15.7. The SMILES string of the molecule is CCOc1cc(CNc2nccs2)c(Cl)cc1OCc1ccc(F)cc1. The molecule has 1 heterocycles. The molecule has 26 heavy (non-hydrogen) atoms. The lowest BCUT2D eigenvalue weighted by atomic mass is 10.2. The van der Waals surface area contributed by atoms with Gasteiger partial charge in [0.2, 0.25) is 0 Å². The Hall–Kier alpha value is -2.31. The Morgan fingerprint density at radius 3 is 2.62 bits per heavy atom. The Balaban J connectivity index is 1.73. The molecule has 1 N–H and O–H groups in total. The fourth-order valence-corrected chi connectivity index (χ4v) is 3.07. The van der Waals surface area contributed by atoms with Crippen LogP contribution in [0.2, 0.25) is 5.02 Å². The zero-order valence-electron chi connectivity index (χ0n) is 14.2. The smallest absolute Gasteiger partial charge is 0.182 e. The van der Waals surface area contributed by atoms with Crippen molar-refractivity contribution < 1.29 is 13.9 Å². The van der Waals surface area contributed by atoms with Crippen LogP contribution in [0.5, 0.6) is 11.5 Å². The van der Waals surface area contributed by atoms with Gasteiger partial charge < -0.3 is 14.8 Å². The normalized spacial score (nSPS) is 10.6. The van der Waals surface area contributed by atoms with Crippen molar-refractivity contribution in [2.75, 3.05) is 11.9 Å². The summed E-state index contributed by atoms with van der Waals surface area (Å²) in [6.45, 7) is 3.25. The number of hydrogen-bond acceptors (Lipinski definition) is 5. The van der Waals surface area contributed by atoms with Crippen LogP contribution < -0.4 is 14.8 Å². The zero-order chi connectivity index (χ0) is 18.4. The molecule has 0 aliphatic carbocycles. The lowest BCUT2D eigenvalue weighted by Gasteiger charge is -2.15. The fourth-order valence-electron chi connectivity index (χ4n) is 2.32. The van der Waals surface area contributed by atoms with Gasteiger partial charge in [-0.1, -0.05) is 23.7 Å². The van der Waals surface area contributed by atoms with Gasteiger partial charge >= 0.3 is 0 Å². The molecule has 0 amide bonds. The van der Waals surface area contributed by atoms with Crippen LogP contribution in [-0.4, -0.2) is 11.6 Å². The first-order valence-corrected chi connectivity index (χ1v) is 9.37. The van der Waals surface area contributed by atoms with Gasteiger partial charge in [-0.05, 0) is 36.2 Å². The van der Waals surface area contributed by atoms with E-state index >= 15 is 0 Å². The van der Waals surface area contributed by atoms with E-state index in [-0.39, 0.29) is 5.82 Å². The van der Waals surface area contributed by atoms with Crippen molar-refractivity contribution in [3.63, 3.8) is 0 Å². The number of aromatic nitrogens is 1. The maximum atomic E-state index is 13.0. The summed E-state index contributed by atoms with van der Waals surface area (Å²) in [6, 6.07) is 9.79. The van der Waals surface area contributed by atoms with Crippen LogP contribution in [0.15, 0.2) is 48.0 Å².